The molecule has 1 atom stereocenters. The second kappa shape index (κ2) is 6.69. The lowest BCUT2D eigenvalue weighted by atomic mass is 10.0. The van der Waals surface area contributed by atoms with Gasteiger partial charge >= 0.3 is 0 Å². The highest BCUT2D eigenvalue weighted by Crippen LogP contribution is 2.14. The Labute approximate surface area is 121 Å². The molecule has 2 aromatic rings. The predicted octanol–water partition coefficient (Wildman–Crippen LogP) is 2.70. The lowest BCUT2D eigenvalue weighted by molar-refractivity contribution is 0.152. The molecule has 1 saturated heterocycles. The van der Waals surface area contributed by atoms with Gasteiger partial charge in [-0.15, -0.1) is 0 Å². The molecule has 2 nitrogen and oxygen atoms in total. The van der Waals surface area contributed by atoms with Crippen LogP contribution in [0.25, 0.3) is 0 Å². The average Bonchev–Trinajstić information content (AvgIpc) is 2.51. The van der Waals surface area contributed by atoms with Crippen molar-refractivity contribution in [1.29, 1.82) is 0 Å². The lowest BCUT2D eigenvalue weighted by Gasteiger charge is -2.36. The zero-order chi connectivity index (χ0) is 13.6. The van der Waals surface area contributed by atoms with Gasteiger partial charge in [0.2, 0.25) is 0 Å². The van der Waals surface area contributed by atoms with Crippen LogP contribution in [0.15, 0.2) is 60.7 Å². The summed E-state index contributed by atoms with van der Waals surface area (Å²) in [6.07, 6.45) is 1.13. The van der Waals surface area contributed by atoms with Gasteiger partial charge in [-0.05, 0) is 17.5 Å². The third-order valence-corrected chi connectivity index (χ3v) is 4.01. The van der Waals surface area contributed by atoms with E-state index in [0.717, 1.165) is 32.6 Å². The van der Waals surface area contributed by atoms with Crippen molar-refractivity contribution in [2.45, 2.75) is 19.0 Å². The molecule has 0 aromatic heterocycles. The molecule has 0 spiro atoms. The zero-order valence-electron chi connectivity index (χ0n) is 11.8. The summed E-state index contributed by atoms with van der Waals surface area (Å²) in [7, 11) is 0. The molecule has 20 heavy (non-hydrogen) atoms. The minimum Gasteiger partial charge on any atom is -0.314 e. The van der Waals surface area contributed by atoms with Crippen molar-refractivity contribution in [1.82, 2.24) is 10.2 Å². The monoisotopic (exact) mass is 266 g/mol. The highest BCUT2D eigenvalue weighted by molar-refractivity contribution is 5.18. The summed E-state index contributed by atoms with van der Waals surface area (Å²) in [6.45, 7) is 4.37. The Morgan fingerprint density at radius 3 is 2.25 bits per heavy atom. The minimum absolute atomic E-state index is 0.589. The summed E-state index contributed by atoms with van der Waals surface area (Å²) in [5.41, 5.74) is 2.84. The van der Waals surface area contributed by atoms with Gasteiger partial charge in [-0.1, -0.05) is 60.7 Å². The van der Waals surface area contributed by atoms with Crippen LogP contribution in [-0.2, 0) is 13.0 Å². The highest BCUT2D eigenvalue weighted by Gasteiger charge is 2.22. The Balaban J connectivity index is 1.68. The molecule has 1 N–H and O–H groups in total. The number of hydrogen-bond acceptors (Lipinski definition) is 2. The molecule has 3 rings (SSSR count). The Bertz CT molecular complexity index is 460. The fourth-order valence-corrected chi connectivity index (χ4v) is 2.92. The molecule has 1 aliphatic heterocycles. The fraction of sp³-hybridized carbons (Fsp3) is 0.333. The van der Waals surface area contributed by atoms with E-state index in [-0.39, 0.29) is 0 Å². The molecule has 0 unspecified atom stereocenters. The van der Waals surface area contributed by atoms with E-state index in [2.05, 4.69) is 70.9 Å². The third-order valence-electron chi connectivity index (χ3n) is 4.01. The van der Waals surface area contributed by atoms with Crippen LogP contribution in [0.2, 0.25) is 0 Å². The number of benzene rings is 2. The van der Waals surface area contributed by atoms with Gasteiger partial charge in [0.15, 0.2) is 0 Å². The van der Waals surface area contributed by atoms with E-state index in [4.69, 9.17) is 0 Å². The highest BCUT2D eigenvalue weighted by atomic mass is 15.2. The first-order valence-electron chi connectivity index (χ1n) is 7.44. The summed E-state index contributed by atoms with van der Waals surface area (Å²) < 4.78 is 0. The van der Waals surface area contributed by atoms with Crippen molar-refractivity contribution in [2.24, 2.45) is 0 Å². The van der Waals surface area contributed by atoms with Crippen LogP contribution < -0.4 is 5.32 Å². The molecule has 1 heterocycles. The quantitative estimate of drug-likeness (QED) is 0.915. The SMILES string of the molecule is c1ccc(C[C@@H]2CNCCN2Cc2ccccc2)cc1. The smallest absolute Gasteiger partial charge is 0.0265 e. The molecule has 0 radical (unpaired) electrons. The number of hydrogen-bond donors (Lipinski definition) is 1. The van der Waals surface area contributed by atoms with Gasteiger partial charge < -0.3 is 5.32 Å². The van der Waals surface area contributed by atoms with Gasteiger partial charge in [0, 0.05) is 32.2 Å². The van der Waals surface area contributed by atoms with Gasteiger partial charge in [0.1, 0.15) is 0 Å². The Morgan fingerprint density at radius 2 is 1.55 bits per heavy atom. The van der Waals surface area contributed by atoms with Crippen molar-refractivity contribution < 1.29 is 0 Å². The number of nitrogens with one attached hydrogen (secondary N) is 1. The molecule has 0 bridgehead atoms. The molecule has 0 amide bonds. The van der Waals surface area contributed by atoms with Crippen molar-refractivity contribution in [3.05, 3.63) is 71.8 Å². The number of rotatable bonds is 4. The maximum atomic E-state index is 3.53. The van der Waals surface area contributed by atoms with Crippen LogP contribution in [-0.4, -0.2) is 30.6 Å². The molecular weight excluding hydrogens is 244 g/mol. The van der Waals surface area contributed by atoms with Crippen molar-refractivity contribution >= 4 is 0 Å². The van der Waals surface area contributed by atoms with Crippen LogP contribution in [0.5, 0.6) is 0 Å². The Morgan fingerprint density at radius 1 is 0.900 bits per heavy atom. The van der Waals surface area contributed by atoms with Gasteiger partial charge in [-0.25, -0.2) is 0 Å². The lowest BCUT2D eigenvalue weighted by Crippen LogP contribution is -2.51. The first kappa shape index (κ1) is 13.3. The van der Waals surface area contributed by atoms with Gasteiger partial charge in [-0.3, -0.25) is 4.90 Å². The van der Waals surface area contributed by atoms with E-state index in [9.17, 15) is 0 Å². The average molecular weight is 266 g/mol. The van der Waals surface area contributed by atoms with Crippen LogP contribution in [0.4, 0.5) is 0 Å². The molecule has 2 heteroatoms. The van der Waals surface area contributed by atoms with Gasteiger partial charge in [-0.2, -0.15) is 0 Å². The fourth-order valence-electron chi connectivity index (χ4n) is 2.92. The molecule has 0 saturated carbocycles. The van der Waals surface area contributed by atoms with Crippen LogP contribution in [0, 0.1) is 0 Å². The zero-order valence-corrected chi connectivity index (χ0v) is 11.8. The van der Waals surface area contributed by atoms with Crippen LogP contribution >= 0.6 is 0 Å². The maximum absolute atomic E-state index is 3.53. The molecule has 2 aromatic carbocycles. The Hall–Kier alpha value is -1.64. The van der Waals surface area contributed by atoms with Crippen molar-refractivity contribution in [2.75, 3.05) is 19.6 Å². The second-order valence-corrected chi connectivity index (χ2v) is 5.50. The predicted molar refractivity (Wildman–Crippen MR) is 83.7 cm³/mol. The topological polar surface area (TPSA) is 15.3 Å². The normalized spacial score (nSPS) is 19.9. The maximum Gasteiger partial charge on any atom is 0.0265 e. The summed E-state index contributed by atoms with van der Waals surface area (Å²) in [5.74, 6) is 0. The first-order valence-corrected chi connectivity index (χ1v) is 7.44. The second-order valence-electron chi connectivity index (χ2n) is 5.50. The van der Waals surface area contributed by atoms with Gasteiger partial charge in [0.05, 0.1) is 0 Å². The number of nitrogens with zero attached hydrogens (tertiary/aromatic N) is 1. The van der Waals surface area contributed by atoms with Gasteiger partial charge in [0.25, 0.3) is 0 Å². The molecule has 1 aliphatic rings. The number of piperazine rings is 1. The summed E-state index contributed by atoms with van der Waals surface area (Å²) in [6, 6.07) is 22.2. The van der Waals surface area contributed by atoms with Crippen molar-refractivity contribution in [3.63, 3.8) is 0 Å². The molecule has 0 aliphatic carbocycles. The summed E-state index contributed by atoms with van der Waals surface area (Å²) >= 11 is 0. The summed E-state index contributed by atoms with van der Waals surface area (Å²) in [5, 5.41) is 3.53. The first-order chi connectivity index (χ1) is 9.92. The van der Waals surface area contributed by atoms with Crippen molar-refractivity contribution in [3.8, 4) is 0 Å². The van der Waals surface area contributed by atoms with E-state index >= 15 is 0 Å². The minimum atomic E-state index is 0.589. The van der Waals surface area contributed by atoms with E-state index in [0.29, 0.717) is 6.04 Å². The largest absolute Gasteiger partial charge is 0.314 e. The standard InChI is InChI=1S/C18H22N2/c1-3-7-16(8-4-1)13-18-14-19-11-12-20(18)15-17-9-5-2-6-10-17/h1-10,18-19H,11-15H2/t18-/m1/s1. The molecule has 1 fully saturated rings. The van der Waals surface area contributed by atoms with E-state index in [1.165, 1.54) is 11.1 Å². The molecular formula is C18H22N2. The third kappa shape index (κ3) is 3.47. The van der Waals surface area contributed by atoms with E-state index in [1.807, 2.05) is 0 Å². The molecule has 104 valence electrons. The van der Waals surface area contributed by atoms with E-state index < -0.39 is 0 Å². The van der Waals surface area contributed by atoms with Crippen LogP contribution in [0.3, 0.4) is 0 Å². The van der Waals surface area contributed by atoms with E-state index in [1.54, 1.807) is 0 Å². The van der Waals surface area contributed by atoms with Crippen LogP contribution in [0.1, 0.15) is 11.1 Å². The summed E-state index contributed by atoms with van der Waals surface area (Å²) in [4.78, 5) is 2.61. The Kier molecular flexibility index (Phi) is 4.46.